The van der Waals surface area contributed by atoms with Crippen molar-refractivity contribution in [1.82, 2.24) is 15.3 Å². The summed E-state index contributed by atoms with van der Waals surface area (Å²) >= 11 is 0. The van der Waals surface area contributed by atoms with Gasteiger partial charge < -0.3 is 59.4 Å². The van der Waals surface area contributed by atoms with Gasteiger partial charge in [-0.3, -0.25) is 19.2 Å². The number of ether oxygens (including phenoxy) is 5. The van der Waals surface area contributed by atoms with Crippen molar-refractivity contribution in [3.05, 3.63) is 77.4 Å². The Bertz CT molecular complexity index is 1930. The Morgan fingerprint density at radius 1 is 0.938 bits per heavy atom. The second-order valence-corrected chi connectivity index (χ2v) is 18.0. The number of amides is 2. The number of carbonyl (C=O) groups is 3. The van der Waals surface area contributed by atoms with Crippen molar-refractivity contribution in [3.63, 3.8) is 0 Å². The number of benzene rings is 2. The minimum absolute atomic E-state index is 0.00531. The molecule has 4 heterocycles. The third kappa shape index (κ3) is 10.2. The third-order valence-corrected chi connectivity index (χ3v) is 13.6. The average Bonchev–Trinajstić information content (AvgIpc) is 3.87. The molecule has 0 spiro atoms. The van der Waals surface area contributed by atoms with Crippen molar-refractivity contribution >= 4 is 23.9 Å². The van der Waals surface area contributed by atoms with E-state index in [0.717, 1.165) is 55.2 Å². The van der Waals surface area contributed by atoms with Crippen molar-refractivity contribution in [1.29, 1.82) is 0 Å². The fourth-order valence-corrected chi connectivity index (χ4v) is 10.2. The standard InChI is InChI=1S/C48H67N3O14/c1-4-6-13-21-47(22-14-7-5-2)63-39-34-27-48(46(59)50(3)33(43(57)49-23-24-52)26-30-16-9-8-10-17-30)41(44(58)61-34)51(65-42(48)40(39)64-47)28-32-19-12-11-18-31(32)20-15-25-60-45-38(56)37(55)36(54)35(29-53)62-45/h8-12,15-20,33-42,45,52-56H,4-7,13-14,21-29H2,1-3H3,(H,49,57)/t33-,34-,35-,36+,37+,38-,39+,40+,41-,42-,45+,48-/m1/s1. The van der Waals surface area contributed by atoms with Crippen LogP contribution in [0, 0.1) is 5.41 Å². The number of hydrogen-bond acceptors (Lipinski definition) is 15. The first-order valence-electron chi connectivity index (χ1n) is 23.3. The molecule has 0 radical (unpaired) electrons. The van der Waals surface area contributed by atoms with Crippen molar-refractivity contribution in [2.75, 3.05) is 33.4 Å². The van der Waals surface area contributed by atoms with Gasteiger partial charge in [-0.25, -0.2) is 0 Å². The number of nitrogens with one attached hydrogen (secondary N) is 1. The monoisotopic (exact) mass is 909 g/mol. The predicted molar refractivity (Wildman–Crippen MR) is 234 cm³/mol. The van der Waals surface area contributed by atoms with Crippen LogP contribution >= 0.6 is 0 Å². The highest BCUT2D eigenvalue weighted by molar-refractivity contribution is 5.96. The summed E-state index contributed by atoms with van der Waals surface area (Å²) < 4.78 is 31.5. The Balaban J connectivity index is 1.21. The molecule has 5 fully saturated rings. The lowest BCUT2D eigenvalue weighted by molar-refractivity contribution is -0.298. The van der Waals surface area contributed by atoms with Crippen LogP contribution in [0.3, 0.4) is 0 Å². The molecule has 0 aromatic heterocycles. The molecule has 7 rings (SSSR count). The molecule has 2 bridgehead atoms. The fourth-order valence-electron chi connectivity index (χ4n) is 10.2. The normalized spacial score (nSPS) is 32.0. The maximum absolute atomic E-state index is 15.7. The Labute approximate surface area is 380 Å². The van der Waals surface area contributed by atoms with E-state index in [9.17, 15) is 35.1 Å². The molecule has 1 saturated carbocycles. The Kier molecular flexibility index (Phi) is 16.5. The topological polar surface area (TPSA) is 226 Å². The molecule has 2 amide bonds. The number of likely N-dealkylation sites (N-methyl/N-ethyl adjacent to an activating group) is 1. The maximum Gasteiger partial charge on any atom is 0.327 e. The SMILES string of the molecule is CCCCCC1(CCCCC)O[C@@H]2[C@H](O1)[C@H]1ON(Cc3ccccc3C=CCO[C@H]3O[C@H](CO)[C@H](O)[C@H](O)[C@H]3O)[C@@H]3C(=O)O[C@@H]2C[C@]13C(=O)N(C)[C@H](Cc1ccccc1)C(=O)NCCO. The van der Waals surface area contributed by atoms with E-state index in [4.69, 9.17) is 28.5 Å². The Morgan fingerprint density at radius 2 is 1.63 bits per heavy atom. The van der Waals surface area contributed by atoms with E-state index in [1.54, 1.807) is 19.2 Å². The van der Waals surface area contributed by atoms with Gasteiger partial charge >= 0.3 is 5.97 Å². The quantitative estimate of drug-likeness (QED) is 0.0736. The minimum atomic E-state index is -1.58. The van der Waals surface area contributed by atoms with Crippen LogP contribution in [0.2, 0.25) is 0 Å². The predicted octanol–water partition coefficient (Wildman–Crippen LogP) is 2.14. The lowest BCUT2D eigenvalue weighted by Crippen LogP contribution is -2.70. The highest BCUT2D eigenvalue weighted by Gasteiger charge is 2.76. The molecule has 6 N–H and O–H groups in total. The lowest BCUT2D eigenvalue weighted by Gasteiger charge is -2.50. The number of aliphatic hydroxyl groups excluding tert-OH is 5. The van der Waals surface area contributed by atoms with Gasteiger partial charge in [-0.1, -0.05) is 106 Å². The van der Waals surface area contributed by atoms with Crippen LogP contribution in [0.4, 0.5) is 0 Å². The van der Waals surface area contributed by atoms with Gasteiger partial charge in [-0.05, 0) is 29.5 Å². The number of fused-ring (bicyclic) bond motifs is 4. The summed E-state index contributed by atoms with van der Waals surface area (Å²) in [6.07, 6.45) is 0.257. The van der Waals surface area contributed by atoms with E-state index in [1.165, 1.54) is 9.96 Å². The molecule has 4 aliphatic heterocycles. The van der Waals surface area contributed by atoms with Crippen LogP contribution in [0.1, 0.15) is 88.3 Å². The summed E-state index contributed by atoms with van der Waals surface area (Å²) in [6, 6.07) is 14.5. The van der Waals surface area contributed by atoms with Crippen LogP contribution < -0.4 is 5.32 Å². The van der Waals surface area contributed by atoms with Gasteiger partial charge in [-0.15, -0.1) is 0 Å². The number of aliphatic hydroxyl groups is 5. The highest BCUT2D eigenvalue weighted by atomic mass is 16.8. The molecular weight excluding hydrogens is 843 g/mol. The zero-order chi connectivity index (χ0) is 46.3. The largest absolute Gasteiger partial charge is 0.458 e. The molecule has 358 valence electrons. The van der Waals surface area contributed by atoms with Crippen LogP contribution in [-0.4, -0.2) is 160 Å². The zero-order valence-corrected chi connectivity index (χ0v) is 37.6. The first-order valence-corrected chi connectivity index (χ1v) is 23.3. The van der Waals surface area contributed by atoms with E-state index in [2.05, 4.69) is 19.2 Å². The summed E-state index contributed by atoms with van der Waals surface area (Å²) in [4.78, 5) is 52.6. The number of hydrogen-bond donors (Lipinski definition) is 6. The van der Waals surface area contributed by atoms with E-state index in [1.807, 2.05) is 54.6 Å². The zero-order valence-electron chi connectivity index (χ0n) is 37.6. The molecule has 12 atom stereocenters. The molecule has 17 nitrogen and oxygen atoms in total. The smallest absolute Gasteiger partial charge is 0.327 e. The van der Waals surface area contributed by atoms with Gasteiger partial charge in [0.2, 0.25) is 11.8 Å². The highest BCUT2D eigenvalue weighted by Crippen LogP contribution is 2.58. The van der Waals surface area contributed by atoms with Crippen LogP contribution in [0.15, 0.2) is 60.7 Å². The molecule has 1 aliphatic carbocycles. The average molecular weight is 910 g/mol. The van der Waals surface area contributed by atoms with Gasteiger partial charge in [0.25, 0.3) is 0 Å². The number of esters is 1. The summed E-state index contributed by atoms with van der Waals surface area (Å²) in [6.45, 7) is 3.36. The molecule has 5 aliphatic rings. The van der Waals surface area contributed by atoms with Crippen molar-refractivity contribution in [2.45, 2.75) is 158 Å². The first kappa shape index (κ1) is 49.1. The van der Waals surface area contributed by atoms with Gasteiger partial charge in [0.05, 0.1) is 26.4 Å². The van der Waals surface area contributed by atoms with Gasteiger partial charge in [0.15, 0.2) is 18.1 Å². The van der Waals surface area contributed by atoms with E-state index in [0.29, 0.717) is 12.8 Å². The van der Waals surface area contributed by atoms with E-state index < -0.39 is 103 Å². The molecule has 17 heteroatoms. The van der Waals surface area contributed by atoms with Crippen LogP contribution in [0.25, 0.3) is 6.08 Å². The molecule has 4 saturated heterocycles. The number of unbranched alkanes of at least 4 members (excludes halogenated alkanes) is 4. The second kappa shape index (κ2) is 21.8. The third-order valence-electron chi connectivity index (χ3n) is 13.6. The minimum Gasteiger partial charge on any atom is -0.458 e. The summed E-state index contributed by atoms with van der Waals surface area (Å²) in [5.41, 5.74) is 0.702. The van der Waals surface area contributed by atoms with Crippen molar-refractivity contribution in [3.8, 4) is 0 Å². The van der Waals surface area contributed by atoms with Crippen molar-refractivity contribution < 1.29 is 68.4 Å². The molecule has 2 aromatic carbocycles. The summed E-state index contributed by atoms with van der Waals surface area (Å²) in [7, 11) is 1.58. The lowest BCUT2D eigenvalue weighted by atomic mass is 9.62. The maximum atomic E-state index is 15.7. The number of rotatable bonds is 22. The number of hydroxylamine groups is 2. The molecule has 65 heavy (non-hydrogen) atoms. The molecule has 2 aromatic rings. The second-order valence-electron chi connectivity index (χ2n) is 18.0. The van der Waals surface area contributed by atoms with E-state index in [-0.39, 0.29) is 39.1 Å². The summed E-state index contributed by atoms with van der Waals surface area (Å²) in [5, 5.41) is 54.3. The van der Waals surface area contributed by atoms with Crippen LogP contribution in [-0.2, 0) is 55.9 Å². The number of carbonyl (C=O) groups excluding carboxylic acids is 3. The number of nitrogens with zero attached hydrogens (tertiary/aromatic N) is 2. The van der Waals surface area contributed by atoms with Crippen molar-refractivity contribution in [2.24, 2.45) is 5.41 Å². The van der Waals surface area contributed by atoms with Crippen LogP contribution in [0.5, 0.6) is 0 Å². The van der Waals surface area contributed by atoms with E-state index >= 15 is 4.79 Å². The van der Waals surface area contributed by atoms with Gasteiger partial charge in [0, 0.05) is 39.3 Å². The molecule has 0 unspecified atom stereocenters. The van der Waals surface area contributed by atoms with Gasteiger partial charge in [-0.2, -0.15) is 5.06 Å². The fraction of sp³-hybridized carbons (Fsp3) is 0.646. The molecular formula is C48H67N3O14. The Hall–Kier alpha value is -3.85. The Morgan fingerprint density at radius 3 is 2.32 bits per heavy atom. The first-order chi connectivity index (χ1) is 31.4. The van der Waals surface area contributed by atoms with Gasteiger partial charge in [0.1, 0.15) is 60.3 Å². The summed E-state index contributed by atoms with van der Waals surface area (Å²) in [5.74, 6) is -2.54.